The van der Waals surface area contributed by atoms with Gasteiger partial charge in [-0.25, -0.2) is 4.79 Å². The van der Waals surface area contributed by atoms with Gasteiger partial charge < -0.3 is 15.2 Å². The summed E-state index contributed by atoms with van der Waals surface area (Å²) in [5.74, 6) is 0.0450. The number of rotatable bonds is 5. The van der Waals surface area contributed by atoms with Crippen molar-refractivity contribution >= 4 is 17.7 Å². The van der Waals surface area contributed by atoms with E-state index in [4.69, 9.17) is 26.8 Å². The fourth-order valence-corrected chi connectivity index (χ4v) is 4.08. The number of nitrogens with two attached hydrogens (primary N) is 1. The molecular weight excluding hydrogens is 302 g/mol. The zero-order valence-electron chi connectivity index (χ0n) is 13.2. The minimum atomic E-state index is -0.725. The Bertz CT molecular complexity index is 516. The molecule has 0 saturated heterocycles. The molecular formula is C17H24ClNO3. The highest BCUT2D eigenvalue weighted by Crippen LogP contribution is 2.47. The second kappa shape index (κ2) is 7.34. The quantitative estimate of drug-likeness (QED) is 0.880. The predicted octanol–water partition coefficient (Wildman–Crippen LogP) is 4.25. The molecule has 1 saturated carbocycles. The minimum absolute atomic E-state index is 0.0450. The van der Waals surface area contributed by atoms with Gasteiger partial charge in [0.05, 0.1) is 0 Å². The molecule has 0 aliphatic heterocycles. The maximum Gasteiger partial charge on any atom is 0.404 e. The van der Waals surface area contributed by atoms with Crippen LogP contribution in [0.3, 0.4) is 0 Å². The standard InChI is InChI=1S/C17H24ClNO3/c1-3-17(21-2,12-8-4-6-10-14(12)18)13-9-5-7-11-15(13)22-16(19)20/h4,6,8,10,13,15H,3,5,7,9,11H2,1-2H3,(H2,19,20)/t13-,15?,17+/m0/s1. The molecule has 1 aromatic rings. The monoisotopic (exact) mass is 325 g/mol. The van der Waals surface area contributed by atoms with E-state index in [0.717, 1.165) is 37.7 Å². The lowest BCUT2D eigenvalue weighted by Gasteiger charge is -2.45. The molecule has 5 heteroatoms. The summed E-state index contributed by atoms with van der Waals surface area (Å²) in [5, 5.41) is 0.676. The molecule has 1 fully saturated rings. The average Bonchev–Trinajstić information content (AvgIpc) is 2.51. The number of hydrogen-bond acceptors (Lipinski definition) is 3. The second-order valence-corrected chi connectivity index (χ2v) is 6.20. The highest BCUT2D eigenvalue weighted by atomic mass is 35.5. The van der Waals surface area contributed by atoms with Gasteiger partial charge in [-0.1, -0.05) is 43.1 Å². The maximum absolute atomic E-state index is 11.3. The first kappa shape index (κ1) is 17.1. The van der Waals surface area contributed by atoms with E-state index in [2.05, 4.69) is 6.92 Å². The Balaban J connectivity index is 2.44. The van der Waals surface area contributed by atoms with E-state index in [1.165, 1.54) is 0 Å². The average molecular weight is 326 g/mol. The number of benzene rings is 1. The van der Waals surface area contributed by atoms with E-state index >= 15 is 0 Å². The van der Waals surface area contributed by atoms with Gasteiger partial charge in [0.15, 0.2) is 0 Å². The van der Waals surface area contributed by atoms with Crippen LogP contribution in [-0.4, -0.2) is 19.3 Å². The van der Waals surface area contributed by atoms with Gasteiger partial charge >= 0.3 is 6.09 Å². The molecule has 2 rings (SSSR count). The summed E-state index contributed by atoms with van der Waals surface area (Å²) in [4.78, 5) is 11.3. The summed E-state index contributed by atoms with van der Waals surface area (Å²) in [6, 6.07) is 7.72. The van der Waals surface area contributed by atoms with E-state index in [0.29, 0.717) is 5.02 Å². The van der Waals surface area contributed by atoms with Gasteiger partial charge in [-0.05, 0) is 31.7 Å². The third-order valence-corrected chi connectivity index (χ3v) is 5.12. The highest BCUT2D eigenvalue weighted by Gasteiger charge is 2.46. The molecule has 4 nitrogen and oxygen atoms in total. The first-order valence-electron chi connectivity index (χ1n) is 7.81. The number of halogens is 1. The minimum Gasteiger partial charge on any atom is -0.446 e. The van der Waals surface area contributed by atoms with Crippen LogP contribution in [0, 0.1) is 5.92 Å². The molecule has 3 atom stereocenters. The van der Waals surface area contributed by atoms with Gasteiger partial charge in [0.1, 0.15) is 11.7 Å². The molecule has 0 radical (unpaired) electrons. The lowest BCUT2D eigenvalue weighted by atomic mass is 9.70. The van der Waals surface area contributed by atoms with Gasteiger partial charge in [-0.3, -0.25) is 0 Å². The lowest BCUT2D eigenvalue weighted by Crippen LogP contribution is -2.47. The third kappa shape index (κ3) is 3.23. The van der Waals surface area contributed by atoms with Crippen LogP contribution in [0.1, 0.15) is 44.6 Å². The number of primary amides is 1. The van der Waals surface area contributed by atoms with Crippen LogP contribution in [0.15, 0.2) is 24.3 Å². The Morgan fingerprint density at radius 3 is 2.64 bits per heavy atom. The fraction of sp³-hybridized carbons (Fsp3) is 0.588. The van der Waals surface area contributed by atoms with Crippen LogP contribution < -0.4 is 5.73 Å². The van der Waals surface area contributed by atoms with E-state index in [1.54, 1.807) is 7.11 Å². The van der Waals surface area contributed by atoms with Crippen LogP contribution in [0.2, 0.25) is 5.02 Å². The van der Waals surface area contributed by atoms with Gasteiger partial charge in [-0.2, -0.15) is 0 Å². The molecule has 1 aliphatic rings. The predicted molar refractivity (Wildman–Crippen MR) is 86.8 cm³/mol. The summed E-state index contributed by atoms with van der Waals surface area (Å²) in [7, 11) is 1.70. The Kier molecular flexibility index (Phi) is 5.70. The molecule has 2 N–H and O–H groups in total. The first-order valence-corrected chi connectivity index (χ1v) is 8.19. The smallest absolute Gasteiger partial charge is 0.404 e. The Morgan fingerprint density at radius 1 is 1.36 bits per heavy atom. The largest absolute Gasteiger partial charge is 0.446 e. The molecule has 1 amide bonds. The summed E-state index contributed by atoms with van der Waals surface area (Å²) in [6.07, 6.45) is 3.63. The van der Waals surface area contributed by atoms with Crippen LogP contribution in [-0.2, 0) is 15.1 Å². The molecule has 1 aliphatic carbocycles. The summed E-state index contributed by atoms with van der Waals surface area (Å²) >= 11 is 6.43. The number of amides is 1. The molecule has 1 unspecified atom stereocenters. The SMILES string of the molecule is CC[C@@](OC)(c1ccccc1Cl)[C@H]1CCCCC1OC(N)=O. The van der Waals surface area contributed by atoms with Crippen molar-refractivity contribution in [3.05, 3.63) is 34.9 Å². The van der Waals surface area contributed by atoms with E-state index in [-0.39, 0.29) is 12.0 Å². The van der Waals surface area contributed by atoms with E-state index in [9.17, 15) is 4.79 Å². The zero-order valence-corrected chi connectivity index (χ0v) is 13.9. The van der Waals surface area contributed by atoms with Crippen molar-refractivity contribution in [2.24, 2.45) is 11.7 Å². The Morgan fingerprint density at radius 2 is 2.05 bits per heavy atom. The molecule has 0 spiro atoms. The number of carbonyl (C=O) groups is 1. The zero-order chi connectivity index (χ0) is 16.2. The van der Waals surface area contributed by atoms with E-state index < -0.39 is 11.7 Å². The number of ether oxygens (including phenoxy) is 2. The molecule has 22 heavy (non-hydrogen) atoms. The topological polar surface area (TPSA) is 61.6 Å². The third-order valence-electron chi connectivity index (χ3n) is 4.79. The maximum atomic E-state index is 11.3. The van der Waals surface area contributed by atoms with Gasteiger partial charge in [-0.15, -0.1) is 0 Å². The number of hydrogen-bond donors (Lipinski definition) is 1. The molecule has 0 bridgehead atoms. The van der Waals surface area contributed by atoms with Crippen molar-refractivity contribution < 1.29 is 14.3 Å². The van der Waals surface area contributed by atoms with Crippen LogP contribution in [0.4, 0.5) is 4.79 Å². The van der Waals surface area contributed by atoms with Crippen molar-refractivity contribution in [1.82, 2.24) is 0 Å². The number of methoxy groups -OCH3 is 1. The van der Waals surface area contributed by atoms with Gasteiger partial charge in [0.2, 0.25) is 0 Å². The normalized spacial score (nSPS) is 24.5. The molecule has 122 valence electrons. The summed E-state index contributed by atoms with van der Waals surface area (Å²) in [6.45, 7) is 2.07. The van der Waals surface area contributed by atoms with Crippen molar-refractivity contribution in [2.75, 3.05) is 7.11 Å². The first-order chi connectivity index (χ1) is 10.5. The van der Waals surface area contributed by atoms with Gasteiger partial charge in [0.25, 0.3) is 0 Å². The summed E-state index contributed by atoms with van der Waals surface area (Å²) in [5.41, 5.74) is 5.63. The highest BCUT2D eigenvalue weighted by molar-refractivity contribution is 6.31. The fourth-order valence-electron chi connectivity index (χ4n) is 3.78. The van der Waals surface area contributed by atoms with Crippen LogP contribution >= 0.6 is 11.6 Å². The molecule has 0 aromatic heterocycles. The number of carbonyl (C=O) groups excluding carboxylic acids is 1. The van der Waals surface area contributed by atoms with Crippen molar-refractivity contribution in [1.29, 1.82) is 0 Å². The Labute approximate surface area is 136 Å². The molecule has 0 heterocycles. The van der Waals surface area contributed by atoms with Gasteiger partial charge in [0, 0.05) is 23.6 Å². The summed E-state index contributed by atoms with van der Waals surface area (Å²) < 4.78 is 11.4. The van der Waals surface area contributed by atoms with Crippen LogP contribution in [0.25, 0.3) is 0 Å². The van der Waals surface area contributed by atoms with E-state index in [1.807, 2.05) is 24.3 Å². The van der Waals surface area contributed by atoms with Crippen molar-refractivity contribution in [2.45, 2.75) is 50.7 Å². The van der Waals surface area contributed by atoms with Crippen molar-refractivity contribution in [3.8, 4) is 0 Å². The second-order valence-electron chi connectivity index (χ2n) is 5.79. The Hall–Kier alpha value is -1.26. The van der Waals surface area contributed by atoms with Crippen LogP contribution in [0.5, 0.6) is 0 Å². The van der Waals surface area contributed by atoms with Crippen molar-refractivity contribution in [3.63, 3.8) is 0 Å². The lowest BCUT2D eigenvalue weighted by molar-refractivity contribution is -0.121. The molecule has 1 aromatic carbocycles.